The maximum atomic E-state index is 13.8. The number of hydrogen-bond acceptors (Lipinski definition) is 5. The molecule has 1 N–H and O–H groups in total. The number of piperazine rings is 1. The smallest absolute Gasteiger partial charge is 0.407 e. The lowest BCUT2D eigenvalue weighted by atomic mass is 9.86. The van der Waals surface area contributed by atoms with Crippen LogP contribution >= 0.6 is 0 Å². The third-order valence-corrected chi connectivity index (χ3v) is 9.74. The number of rotatable bonds is 8. The van der Waals surface area contributed by atoms with Crippen molar-refractivity contribution in [1.82, 2.24) is 19.6 Å². The number of likely N-dealkylation sites (tertiary alicyclic amines) is 3. The van der Waals surface area contributed by atoms with Gasteiger partial charge in [-0.15, -0.1) is 0 Å². The molecule has 2 amide bonds. The molecule has 4 aliphatic rings. The van der Waals surface area contributed by atoms with E-state index in [1.165, 1.54) is 12.1 Å². The first-order chi connectivity index (χ1) is 19.8. The number of carboxylic acid groups (broad SMARTS) is 1. The van der Waals surface area contributed by atoms with Gasteiger partial charge < -0.3 is 19.8 Å². The lowest BCUT2D eigenvalue weighted by Gasteiger charge is -2.48. The van der Waals surface area contributed by atoms with Gasteiger partial charge in [-0.05, 0) is 86.0 Å². The average Bonchev–Trinajstić information content (AvgIpc) is 3.56. The first-order valence-corrected chi connectivity index (χ1v) is 14.8. The maximum absolute atomic E-state index is 13.8. The van der Waals surface area contributed by atoms with E-state index >= 15 is 0 Å². The molecule has 0 saturated carbocycles. The Bertz CT molecular complexity index is 1350. The van der Waals surface area contributed by atoms with Crippen LogP contribution in [0.5, 0.6) is 0 Å². The first kappa shape index (κ1) is 27.7. The molecule has 8 nitrogen and oxygen atoms in total. The Hall–Kier alpha value is -3.48. The molecule has 2 aromatic carbocycles. The fourth-order valence-corrected chi connectivity index (χ4v) is 7.49. The number of benzene rings is 2. The van der Waals surface area contributed by atoms with Crippen LogP contribution in [-0.2, 0) is 12.8 Å². The highest BCUT2D eigenvalue weighted by Crippen LogP contribution is 2.35. The molecule has 0 spiro atoms. The van der Waals surface area contributed by atoms with Crippen LogP contribution < -0.4 is 0 Å². The van der Waals surface area contributed by atoms with Crippen molar-refractivity contribution >= 4 is 12.0 Å². The molecule has 0 aromatic heterocycles. The van der Waals surface area contributed by atoms with Crippen molar-refractivity contribution in [2.75, 3.05) is 46.3 Å². The second-order valence-corrected chi connectivity index (χ2v) is 12.3. The quantitative estimate of drug-likeness (QED) is 0.527. The van der Waals surface area contributed by atoms with Gasteiger partial charge in [0.05, 0.1) is 11.6 Å². The summed E-state index contributed by atoms with van der Waals surface area (Å²) in [5, 5.41) is 18.9. The molecule has 2 aromatic rings. The van der Waals surface area contributed by atoms with E-state index in [4.69, 9.17) is 0 Å². The third kappa shape index (κ3) is 5.55. The highest BCUT2D eigenvalue weighted by atomic mass is 19.1. The number of aryl methyl sites for hydroxylation is 1. The minimum Gasteiger partial charge on any atom is -0.465 e. The van der Waals surface area contributed by atoms with Gasteiger partial charge in [-0.1, -0.05) is 12.1 Å². The molecule has 3 atom stereocenters. The SMILES string of the molecule is CN(CC(CCN1CC(N2C[C@@H]3C[C@H]2CN3C(=O)O)C1)c1ccc(F)cc1)C(=O)c1cc(C#N)cc2c1CCCC2. The number of carbonyl (C=O) groups is 2. The Morgan fingerprint density at radius 1 is 1.07 bits per heavy atom. The fourth-order valence-electron chi connectivity index (χ4n) is 7.49. The Balaban J connectivity index is 1.10. The molecule has 216 valence electrons. The first-order valence-electron chi connectivity index (χ1n) is 14.8. The molecule has 3 aliphatic heterocycles. The van der Waals surface area contributed by atoms with Gasteiger partial charge in [0, 0.05) is 69.4 Å². The Kier molecular flexibility index (Phi) is 7.71. The second kappa shape index (κ2) is 11.4. The van der Waals surface area contributed by atoms with Gasteiger partial charge in [-0.25, -0.2) is 9.18 Å². The zero-order chi connectivity index (χ0) is 28.7. The van der Waals surface area contributed by atoms with Crippen molar-refractivity contribution in [1.29, 1.82) is 5.26 Å². The van der Waals surface area contributed by atoms with Gasteiger partial charge in [0.1, 0.15) is 5.82 Å². The van der Waals surface area contributed by atoms with Crippen LogP contribution in [0.25, 0.3) is 0 Å². The van der Waals surface area contributed by atoms with E-state index in [9.17, 15) is 24.3 Å². The highest BCUT2D eigenvalue weighted by Gasteiger charge is 2.49. The number of nitriles is 1. The summed E-state index contributed by atoms with van der Waals surface area (Å²) in [6.45, 7) is 4.76. The number of nitrogens with zero attached hydrogens (tertiary/aromatic N) is 5. The normalized spacial score (nSPS) is 23.1. The van der Waals surface area contributed by atoms with E-state index in [2.05, 4.69) is 15.9 Å². The molecule has 41 heavy (non-hydrogen) atoms. The van der Waals surface area contributed by atoms with Crippen LogP contribution in [0.2, 0.25) is 0 Å². The van der Waals surface area contributed by atoms with Crippen LogP contribution in [0.3, 0.4) is 0 Å². The van der Waals surface area contributed by atoms with Gasteiger partial charge in [-0.3, -0.25) is 9.69 Å². The Morgan fingerprint density at radius 2 is 1.83 bits per heavy atom. The van der Waals surface area contributed by atoms with Crippen molar-refractivity contribution in [2.45, 2.75) is 62.6 Å². The molecular weight excluding hydrogens is 521 g/mol. The standard InChI is InChI=1S/C32H38FN5O3/c1-35(31(39)30-13-21(15-34)12-23-4-2-3-5-29(23)30)16-24(22-6-8-25(33)9-7-22)10-11-36-17-28(18-36)37-19-27-14-26(37)20-38(27)32(40)41/h6-9,12-13,24,26-28H,2-5,10-11,14,16-20H2,1H3,(H,40,41)/t24?,26-,27-/m0/s1. The zero-order valence-electron chi connectivity index (χ0n) is 23.6. The summed E-state index contributed by atoms with van der Waals surface area (Å²) in [7, 11) is 1.83. The summed E-state index contributed by atoms with van der Waals surface area (Å²) in [4.78, 5) is 33.4. The van der Waals surface area contributed by atoms with E-state index in [0.717, 1.165) is 81.4 Å². The van der Waals surface area contributed by atoms with E-state index in [-0.39, 0.29) is 23.7 Å². The average molecular weight is 560 g/mol. The zero-order valence-corrected chi connectivity index (χ0v) is 23.6. The summed E-state index contributed by atoms with van der Waals surface area (Å²) in [6, 6.07) is 13.4. The van der Waals surface area contributed by atoms with Crippen LogP contribution in [0.1, 0.15) is 64.2 Å². The largest absolute Gasteiger partial charge is 0.465 e. The number of amides is 2. The number of halogens is 1. The summed E-state index contributed by atoms with van der Waals surface area (Å²) >= 11 is 0. The number of likely N-dealkylation sites (N-methyl/N-ethyl adjacent to an activating group) is 1. The summed E-state index contributed by atoms with van der Waals surface area (Å²) < 4.78 is 13.8. The Morgan fingerprint density at radius 3 is 2.51 bits per heavy atom. The minimum absolute atomic E-state index is 0.0468. The van der Waals surface area contributed by atoms with Crippen molar-refractivity contribution in [2.24, 2.45) is 0 Å². The second-order valence-electron chi connectivity index (χ2n) is 12.3. The van der Waals surface area contributed by atoms with Gasteiger partial charge in [-0.2, -0.15) is 5.26 Å². The molecule has 1 aliphatic carbocycles. The van der Waals surface area contributed by atoms with Gasteiger partial charge in [0.15, 0.2) is 0 Å². The monoisotopic (exact) mass is 559 g/mol. The molecule has 2 bridgehead atoms. The Labute approximate surface area is 240 Å². The van der Waals surface area contributed by atoms with Crippen molar-refractivity contribution in [3.63, 3.8) is 0 Å². The van der Waals surface area contributed by atoms with E-state index in [1.54, 1.807) is 15.9 Å². The number of carbonyl (C=O) groups excluding carboxylic acids is 1. The summed E-state index contributed by atoms with van der Waals surface area (Å²) in [5.41, 5.74) is 4.40. The van der Waals surface area contributed by atoms with E-state index in [0.29, 0.717) is 36.3 Å². The predicted molar refractivity (Wildman–Crippen MR) is 152 cm³/mol. The third-order valence-electron chi connectivity index (χ3n) is 9.74. The van der Waals surface area contributed by atoms with E-state index in [1.807, 2.05) is 25.2 Å². The molecule has 0 radical (unpaired) electrons. The molecule has 3 fully saturated rings. The highest BCUT2D eigenvalue weighted by molar-refractivity contribution is 5.96. The van der Waals surface area contributed by atoms with Gasteiger partial charge in [0.2, 0.25) is 0 Å². The molecular formula is C32H38FN5O3. The van der Waals surface area contributed by atoms with Crippen molar-refractivity contribution in [3.05, 3.63) is 70.0 Å². The summed E-state index contributed by atoms with van der Waals surface area (Å²) in [6.07, 6.45) is 4.87. The topological polar surface area (TPSA) is 91.1 Å². The van der Waals surface area contributed by atoms with E-state index < -0.39 is 6.09 Å². The van der Waals surface area contributed by atoms with Gasteiger partial charge >= 0.3 is 6.09 Å². The fraction of sp³-hybridized carbons (Fsp3) is 0.531. The van der Waals surface area contributed by atoms with Gasteiger partial charge in [0.25, 0.3) is 5.91 Å². The molecule has 9 heteroatoms. The number of hydrogen-bond donors (Lipinski definition) is 1. The molecule has 3 heterocycles. The van der Waals surface area contributed by atoms with Crippen LogP contribution in [-0.4, -0.2) is 101 Å². The van der Waals surface area contributed by atoms with Crippen molar-refractivity contribution in [3.8, 4) is 6.07 Å². The van der Waals surface area contributed by atoms with Crippen LogP contribution in [0, 0.1) is 17.1 Å². The molecule has 6 rings (SSSR count). The summed E-state index contributed by atoms with van der Waals surface area (Å²) in [5.74, 6) is -0.287. The van der Waals surface area contributed by atoms with Crippen LogP contribution in [0.4, 0.5) is 9.18 Å². The number of fused-ring (bicyclic) bond motifs is 3. The lowest BCUT2D eigenvalue weighted by molar-refractivity contribution is 0.00192. The van der Waals surface area contributed by atoms with Crippen molar-refractivity contribution < 1.29 is 19.1 Å². The maximum Gasteiger partial charge on any atom is 0.407 e. The molecule has 1 unspecified atom stereocenters. The predicted octanol–water partition coefficient (Wildman–Crippen LogP) is 3.94. The van der Waals surface area contributed by atoms with Crippen LogP contribution in [0.15, 0.2) is 36.4 Å². The lowest BCUT2D eigenvalue weighted by Crippen LogP contribution is -2.63. The molecule has 3 saturated heterocycles. The minimum atomic E-state index is -0.805.